The highest BCUT2D eigenvalue weighted by Crippen LogP contribution is 2.31. The molecule has 3 aromatic rings. The monoisotopic (exact) mass is 643 g/mol. The second-order valence-electron chi connectivity index (χ2n) is 9.08. The lowest BCUT2D eigenvalue weighted by molar-refractivity contribution is -0.140. The fourth-order valence-electron chi connectivity index (χ4n) is 4.05. The van der Waals surface area contributed by atoms with Gasteiger partial charge in [0.25, 0.3) is 0 Å². The maximum absolute atomic E-state index is 14.1. The normalized spacial score (nSPS) is 12.1. The smallest absolute Gasteiger partial charge is 0.244 e. The highest BCUT2D eigenvalue weighted by Gasteiger charge is 2.34. The molecule has 0 saturated carbocycles. The molecule has 0 unspecified atom stereocenters. The number of amides is 2. The summed E-state index contributed by atoms with van der Waals surface area (Å²) in [5, 5.41) is 3.83. The van der Waals surface area contributed by atoms with E-state index >= 15 is 0 Å². The van der Waals surface area contributed by atoms with Gasteiger partial charge in [-0.3, -0.25) is 13.9 Å². The van der Waals surface area contributed by atoms with Crippen LogP contribution >= 0.6 is 46.4 Å². The summed E-state index contributed by atoms with van der Waals surface area (Å²) in [6, 6.07) is 17.4. The first kappa shape index (κ1) is 32.0. The number of halogens is 4. The number of sulfonamides is 1. The van der Waals surface area contributed by atoms with Gasteiger partial charge in [0, 0.05) is 40.1 Å². The lowest BCUT2D eigenvalue weighted by Crippen LogP contribution is -2.53. The minimum atomic E-state index is -3.98. The molecule has 0 aliphatic heterocycles. The van der Waals surface area contributed by atoms with Crippen LogP contribution in [0, 0.1) is 0 Å². The number of carbonyl (C=O) groups excluding carboxylic acids is 2. The number of rotatable bonds is 12. The predicted octanol–water partition coefficient (Wildman–Crippen LogP) is 6.23. The summed E-state index contributed by atoms with van der Waals surface area (Å²) in [4.78, 5) is 28.9. The number of benzene rings is 3. The van der Waals surface area contributed by atoms with Gasteiger partial charge in [-0.1, -0.05) is 89.7 Å². The predicted molar refractivity (Wildman–Crippen MR) is 163 cm³/mol. The summed E-state index contributed by atoms with van der Waals surface area (Å²) in [5.41, 5.74) is 1.31. The minimum Gasteiger partial charge on any atom is -0.354 e. The van der Waals surface area contributed by atoms with Crippen LogP contribution < -0.4 is 9.62 Å². The summed E-state index contributed by atoms with van der Waals surface area (Å²) in [7, 11) is -3.98. The Bertz CT molecular complexity index is 1430. The van der Waals surface area contributed by atoms with Crippen LogP contribution in [0.5, 0.6) is 0 Å². The fraction of sp³-hybridized carbons (Fsp3) is 0.286. The Balaban J connectivity index is 2.11. The summed E-state index contributed by atoms with van der Waals surface area (Å²) >= 11 is 25.3. The van der Waals surface area contributed by atoms with Crippen LogP contribution in [0.15, 0.2) is 66.7 Å². The van der Waals surface area contributed by atoms with Crippen molar-refractivity contribution in [2.75, 3.05) is 23.7 Å². The van der Waals surface area contributed by atoms with Crippen molar-refractivity contribution in [1.82, 2.24) is 10.2 Å². The van der Waals surface area contributed by atoms with E-state index in [4.69, 9.17) is 46.4 Å². The van der Waals surface area contributed by atoms with Gasteiger partial charge in [-0.25, -0.2) is 8.42 Å². The van der Waals surface area contributed by atoms with Gasteiger partial charge in [-0.05, 0) is 42.3 Å². The molecule has 40 heavy (non-hydrogen) atoms. The van der Waals surface area contributed by atoms with E-state index in [0.717, 1.165) is 16.1 Å². The van der Waals surface area contributed by atoms with Crippen molar-refractivity contribution >= 4 is 73.9 Å². The van der Waals surface area contributed by atoms with Crippen molar-refractivity contribution in [3.63, 3.8) is 0 Å². The fourth-order valence-corrected chi connectivity index (χ4v) is 5.99. The van der Waals surface area contributed by atoms with Crippen LogP contribution in [0.3, 0.4) is 0 Å². The Hall–Kier alpha value is -2.49. The molecule has 214 valence electrons. The van der Waals surface area contributed by atoms with Crippen molar-refractivity contribution in [2.45, 2.75) is 32.4 Å². The second-order valence-corrected chi connectivity index (χ2v) is 12.6. The van der Waals surface area contributed by atoms with Gasteiger partial charge < -0.3 is 10.2 Å². The third-order valence-corrected chi connectivity index (χ3v) is 8.44. The van der Waals surface area contributed by atoms with E-state index in [-0.39, 0.29) is 23.7 Å². The summed E-state index contributed by atoms with van der Waals surface area (Å²) in [6.07, 6.45) is 1.83. The van der Waals surface area contributed by atoms with E-state index in [1.165, 1.54) is 23.1 Å². The summed E-state index contributed by atoms with van der Waals surface area (Å²) < 4.78 is 26.6. The zero-order valence-electron chi connectivity index (χ0n) is 21.9. The number of nitrogens with zero attached hydrogens (tertiary/aromatic N) is 2. The highest BCUT2D eigenvalue weighted by molar-refractivity contribution is 7.92. The number of hydrogen-bond acceptors (Lipinski definition) is 4. The van der Waals surface area contributed by atoms with Crippen molar-refractivity contribution in [3.05, 3.63) is 97.9 Å². The number of carbonyl (C=O) groups is 2. The van der Waals surface area contributed by atoms with Gasteiger partial charge in [-0.2, -0.15) is 0 Å². The van der Waals surface area contributed by atoms with E-state index in [9.17, 15) is 18.0 Å². The van der Waals surface area contributed by atoms with Gasteiger partial charge in [-0.15, -0.1) is 0 Å². The highest BCUT2D eigenvalue weighted by atomic mass is 35.5. The molecule has 0 fully saturated rings. The van der Waals surface area contributed by atoms with E-state index < -0.39 is 34.4 Å². The first-order valence-corrected chi connectivity index (χ1v) is 15.7. The topological polar surface area (TPSA) is 86.8 Å². The van der Waals surface area contributed by atoms with Crippen LogP contribution in [0.1, 0.15) is 24.5 Å². The number of nitrogens with one attached hydrogen (secondary N) is 1. The number of hydrogen-bond donors (Lipinski definition) is 1. The molecular formula is C28H29Cl4N3O4S. The third kappa shape index (κ3) is 8.51. The Morgan fingerprint density at radius 3 is 2.12 bits per heavy atom. The number of anilines is 1. The van der Waals surface area contributed by atoms with E-state index in [2.05, 4.69) is 5.32 Å². The maximum Gasteiger partial charge on any atom is 0.244 e. The zero-order chi connectivity index (χ0) is 29.4. The first-order chi connectivity index (χ1) is 18.9. The molecule has 0 aliphatic rings. The Morgan fingerprint density at radius 2 is 1.55 bits per heavy atom. The van der Waals surface area contributed by atoms with Crippen LogP contribution in [0.2, 0.25) is 20.1 Å². The molecule has 2 amide bonds. The molecule has 0 bridgehead atoms. The minimum absolute atomic E-state index is 0.0490. The van der Waals surface area contributed by atoms with Crippen LogP contribution in [0.25, 0.3) is 0 Å². The van der Waals surface area contributed by atoms with E-state index in [1.54, 1.807) is 18.2 Å². The summed E-state index contributed by atoms with van der Waals surface area (Å²) in [6.45, 7) is 1.54. The van der Waals surface area contributed by atoms with Gasteiger partial charge >= 0.3 is 0 Å². The van der Waals surface area contributed by atoms with Gasteiger partial charge in [0.2, 0.25) is 21.8 Å². The molecule has 0 radical (unpaired) electrons. The molecule has 3 rings (SSSR count). The van der Waals surface area contributed by atoms with Gasteiger partial charge in [0.15, 0.2) is 0 Å². The average Bonchev–Trinajstić information content (AvgIpc) is 2.89. The molecule has 0 aromatic heterocycles. The van der Waals surface area contributed by atoms with Gasteiger partial charge in [0.1, 0.15) is 12.6 Å². The van der Waals surface area contributed by atoms with Crippen LogP contribution in [-0.2, 0) is 32.6 Å². The molecule has 1 N–H and O–H groups in total. The quantitative estimate of drug-likeness (QED) is 0.253. The third-order valence-electron chi connectivity index (χ3n) is 6.07. The van der Waals surface area contributed by atoms with Crippen LogP contribution in [-0.4, -0.2) is 50.5 Å². The Morgan fingerprint density at radius 1 is 0.900 bits per heavy atom. The molecule has 7 nitrogen and oxygen atoms in total. The molecule has 0 spiro atoms. The molecule has 1 atom stereocenters. The zero-order valence-corrected chi connectivity index (χ0v) is 25.8. The van der Waals surface area contributed by atoms with Gasteiger partial charge in [0.05, 0.1) is 17.0 Å². The van der Waals surface area contributed by atoms with E-state index in [0.29, 0.717) is 33.6 Å². The van der Waals surface area contributed by atoms with Crippen molar-refractivity contribution in [2.24, 2.45) is 0 Å². The molecule has 3 aromatic carbocycles. The largest absolute Gasteiger partial charge is 0.354 e. The molecule has 0 aliphatic carbocycles. The molecular weight excluding hydrogens is 616 g/mol. The van der Waals surface area contributed by atoms with E-state index in [1.807, 2.05) is 37.3 Å². The second kappa shape index (κ2) is 14.4. The van der Waals surface area contributed by atoms with Crippen molar-refractivity contribution < 1.29 is 18.0 Å². The molecule has 0 heterocycles. The SMILES string of the molecule is CCCNC(=O)[C@H](Cc1ccccc1)N(Cc1c(Cl)cccc1Cl)C(=O)CN(c1ccc(Cl)cc1Cl)S(C)(=O)=O. The van der Waals surface area contributed by atoms with Crippen molar-refractivity contribution in [3.8, 4) is 0 Å². The lowest BCUT2D eigenvalue weighted by Gasteiger charge is -2.34. The molecule has 0 saturated heterocycles. The Labute approximate surface area is 255 Å². The summed E-state index contributed by atoms with van der Waals surface area (Å²) in [5.74, 6) is -1.04. The van der Waals surface area contributed by atoms with Crippen LogP contribution in [0.4, 0.5) is 5.69 Å². The maximum atomic E-state index is 14.1. The Kier molecular flexibility index (Phi) is 11.5. The average molecular weight is 645 g/mol. The standard InChI is InChI=1S/C28H29Cl4N3O4S/c1-3-14-33-28(37)26(15-19-8-5-4-6-9-19)34(17-21-22(30)10-7-11-23(21)31)27(36)18-35(40(2,38)39)25-13-12-20(29)16-24(25)32/h4-13,16,26H,3,14-15,17-18H2,1-2H3,(H,33,37)/t26-/m0/s1. The first-order valence-electron chi connectivity index (χ1n) is 12.4. The van der Waals surface area contributed by atoms with Crippen molar-refractivity contribution in [1.29, 1.82) is 0 Å². The molecule has 12 heteroatoms. The lowest BCUT2D eigenvalue weighted by atomic mass is 10.0.